The highest BCUT2D eigenvalue weighted by Crippen LogP contribution is 2.40. The highest BCUT2D eigenvalue weighted by atomic mass is 127. The van der Waals surface area contributed by atoms with Gasteiger partial charge in [0.05, 0.1) is 13.7 Å². The number of rotatable bonds is 8. The first kappa shape index (κ1) is 25.0. The predicted molar refractivity (Wildman–Crippen MR) is 128 cm³/mol. The number of guanidine groups is 1. The van der Waals surface area contributed by atoms with Crippen molar-refractivity contribution in [3.05, 3.63) is 29.3 Å². The van der Waals surface area contributed by atoms with Crippen molar-refractivity contribution < 1.29 is 9.47 Å². The average Bonchev–Trinajstić information content (AvgIpc) is 2.70. The number of benzene rings is 1. The molecule has 0 spiro atoms. The van der Waals surface area contributed by atoms with Crippen LogP contribution in [0.4, 0.5) is 0 Å². The van der Waals surface area contributed by atoms with Crippen LogP contribution in [0.1, 0.15) is 50.7 Å². The predicted octanol–water partition coefficient (Wildman–Crippen LogP) is 4.37. The molecule has 0 saturated carbocycles. The van der Waals surface area contributed by atoms with Crippen LogP contribution in [0.25, 0.3) is 0 Å². The summed E-state index contributed by atoms with van der Waals surface area (Å²) >= 11 is 0. The van der Waals surface area contributed by atoms with Crippen LogP contribution in [0, 0.1) is 6.92 Å². The number of aryl methyl sites for hydroxylation is 1. The van der Waals surface area contributed by atoms with E-state index in [2.05, 4.69) is 56.2 Å². The lowest BCUT2D eigenvalue weighted by molar-refractivity contribution is 0.0522. The molecule has 0 amide bonds. The van der Waals surface area contributed by atoms with E-state index in [-0.39, 0.29) is 29.4 Å². The van der Waals surface area contributed by atoms with Gasteiger partial charge in [0.15, 0.2) is 5.96 Å². The fourth-order valence-corrected chi connectivity index (χ4v) is 3.71. The lowest BCUT2D eigenvalue weighted by atomic mass is 9.73. The number of aliphatic imine (C=N–C) groups is 1. The Morgan fingerprint density at radius 3 is 2.61 bits per heavy atom. The van der Waals surface area contributed by atoms with Gasteiger partial charge in [0.25, 0.3) is 0 Å². The van der Waals surface area contributed by atoms with Crippen molar-refractivity contribution >= 4 is 29.9 Å². The van der Waals surface area contributed by atoms with Crippen LogP contribution in [0.3, 0.4) is 0 Å². The molecule has 1 heterocycles. The lowest BCUT2D eigenvalue weighted by Crippen LogP contribution is -2.42. The summed E-state index contributed by atoms with van der Waals surface area (Å²) in [7, 11) is 3.88. The Morgan fingerprint density at radius 1 is 1.29 bits per heavy atom. The summed E-state index contributed by atoms with van der Waals surface area (Å²) in [5.74, 6) is 1.95. The van der Waals surface area contributed by atoms with Crippen molar-refractivity contribution in [1.29, 1.82) is 0 Å². The van der Waals surface area contributed by atoms with E-state index in [9.17, 15) is 0 Å². The van der Waals surface area contributed by atoms with Crippen molar-refractivity contribution in [2.24, 2.45) is 4.99 Å². The zero-order valence-electron chi connectivity index (χ0n) is 18.2. The first-order valence-electron chi connectivity index (χ1n) is 10.3. The minimum Gasteiger partial charge on any atom is -0.496 e. The topological polar surface area (TPSA) is 46.1 Å². The number of hydrogen-bond acceptors (Lipinski definition) is 3. The second-order valence-electron chi connectivity index (χ2n) is 7.54. The molecule has 1 N–H and O–H groups in total. The van der Waals surface area contributed by atoms with Crippen LogP contribution >= 0.6 is 24.0 Å². The van der Waals surface area contributed by atoms with Crippen LogP contribution in [0.2, 0.25) is 0 Å². The Kier molecular flexibility index (Phi) is 11.2. The molecule has 0 bridgehead atoms. The molecule has 160 valence electrons. The monoisotopic (exact) mass is 503 g/mol. The number of nitrogens with zero attached hydrogens (tertiary/aromatic N) is 2. The third kappa shape index (κ3) is 6.51. The van der Waals surface area contributed by atoms with Crippen LogP contribution in [0.5, 0.6) is 5.75 Å². The first-order chi connectivity index (χ1) is 13.1. The summed E-state index contributed by atoms with van der Waals surface area (Å²) in [6.45, 7) is 10.7. The largest absolute Gasteiger partial charge is 0.496 e. The number of hydrogen-bond donors (Lipinski definition) is 1. The maximum Gasteiger partial charge on any atom is 0.193 e. The molecular formula is C22H38IN3O2. The molecular weight excluding hydrogens is 465 g/mol. The summed E-state index contributed by atoms with van der Waals surface area (Å²) in [6.07, 6.45) is 4.29. The Labute approximate surface area is 188 Å². The molecule has 0 unspecified atom stereocenters. The molecule has 1 aromatic rings. The highest BCUT2D eigenvalue weighted by Gasteiger charge is 2.37. The van der Waals surface area contributed by atoms with E-state index in [0.717, 1.165) is 57.4 Å². The molecule has 0 aliphatic carbocycles. The van der Waals surface area contributed by atoms with Crippen molar-refractivity contribution in [2.45, 2.75) is 51.9 Å². The molecule has 1 saturated heterocycles. The first-order valence-corrected chi connectivity index (χ1v) is 10.3. The van der Waals surface area contributed by atoms with E-state index >= 15 is 0 Å². The zero-order valence-corrected chi connectivity index (χ0v) is 20.5. The number of unbranched alkanes of at least 4 members (excludes halogenated alkanes) is 1. The number of nitrogens with one attached hydrogen (secondary N) is 1. The molecule has 0 atom stereocenters. The summed E-state index contributed by atoms with van der Waals surface area (Å²) in [6, 6.07) is 6.47. The van der Waals surface area contributed by atoms with Gasteiger partial charge in [-0.1, -0.05) is 31.0 Å². The normalized spacial score (nSPS) is 16.2. The van der Waals surface area contributed by atoms with Gasteiger partial charge in [0, 0.05) is 44.3 Å². The smallest absolute Gasteiger partial charge is 0.193 e. The number of halogens is 1. The third-order valence-corrected chi connectivity index (χ3v) is 5.45. The molecule has 0 aromatic heterocycles. The van der Waals surface area contributed by atoms with Gasteiger partial charge in [-0.3, -0.25) is 4.99 Å². The van der Waals surface area contributed by atoms with Gasteiger partial charge < -0.3 is 19.7 Å². The van der Waals surface area contributed by atoms with E-state index in [1.54, 1.807) is 7.11 Å². The quantitative estimate of drug-likeness (QED) is 0.325. The van der Waals surface area contributed by atoms with Gasteiger partial charge in [0.2, 0.25) is 0 Å². The molecule has 28 heavy (non-hydrogen) atoms. The van der Waals surface area contributed by atoms with E-state index in [1.807, 2.05) is 0 Å². The molecule has 1 aliphatic heterocycles. The van der Waals surface area contributed by atoms with Crippen molar-refractivity contribution in [3.63, 3.8) is 0 Å². The van der Waals surface area contributed by atoms with Gasteiger partial charge in [-0.25, -0.2) is 0 Å². The van der Waals surface area contributed by atoms with Crippen molar-refractivity contribution in [2.75, 3.05) is 47.0 Å². The molecule has 1 aromatic carbocycles. The molecule has 2 rings (SSSR count). The van der Waals surface area contributed by atoms with Crippen LogP contribution in [0.15, 0.2) is 23.2 Å². The van der Waals surface area contributed by atoms with E-state index in [1.165, 1.54) is 24.0 Å². The van der Waals surface area contributed by atoms with Crippen LogP contribution < -0.4 is 10.1 Å². The summed E-state index contributed by atoms with van der Waals surface area (Å²) in [5, 5.41) is 3.45. The molecule has 0 radical (unpaired) electrons. The van der Waals surface area contributed by atoms with E-state index in [0.29, 0.717) is 0 Å². The number of methoxy groups -OCH3 is 1. The van der Waals surface area contributed by atoms with Gasteiger partial charge in [-0.05, 0) is 39.2 Å². The van der Waals surface area contributed by atoms with Gasteiger partial charge in [-0.2, -0.15) is 0 Å². The van der Waals surface area contributed by atoms with Crippen LogP contribution in [-0.2, 0) is 10.2 Å². The Balaban J connectivity index is 0.00000392. The molecule has 5 nitrogen and oxygen atoms in total. The summed E-state index contributed by atoms with van der Waals surface area (Å²) < 4.78 is 11.4. The SMILES string of the molecule is CCCCN(C)C(=NCC1(c2cc(C)ccc2OC)CCOCC1)NCC.I. The summed E-state index contributed by atoms with van der Waals surface area (Å²) in [5.41, 5.74) is 2.48. The Hall–Kier alpha value is -1.02. The highest BCUT2D eigenvalue weighted by molar-refractivity contribution is 14.0. The van der Waals surface area contributed by atoms with Gasteiger partial charge in [0.1, 0.15) is 5.75 Å². The zero-order chi connectivity index (χ0) is 19.7. The average molecular weight is 503 g/mol. The maximum atomic E-state index is 5.72. The number of ether oxygens (including phenoxy) is 2. The minimum atomic E-state index is -0.0398. The molecule has 6 heteroatoms. The van der Waals surface area contributed by atoms with Crippen LogP contribution in [-0.4, -0.2) is 57.9 Å². The molecule has 1 fully saturated rings. The standard InChI is InChI=1S/C22H37N3O2.HI/c1-6-8-13-25(4)21(23-7-2)24-17-22(11-14-27-15-12-22)19-16-18(3)9-10-20(19)26-5;/h9-10,16H,6-8,11-15,17H2,1-5H3,(H,23,24);1H. The minimum absolute atomic E-state index is 0. The van der Waals surface area contributed by atoms with E-state index < -0.39 is 0 Å². The van der Waals surface area contributed by atoms with Crippen molar-refractivity contribution in [1.82, 2.24) is 10.2 Å². The third-order valence-electron chi connectivity index (χ3n) is 5.45. The van der Waals surface area contributed by atoms with Gasteiger partial charge >= 0.3 is 0 Å². The van der Waals surface area contributed by atoms with E-state index in [4.69, 9.17) is 14.5 Å². The Bertz CT molecular complexity index is 616. The maximum absolute atomic E-state index is 5.72. The Morgan fingerprint density at radius 2 is 2.00 bits per heavy atom. The fraction of sp³-hybridized carbons (Fsp3) is 0.682. The summed E-state index contributed by atoms with van der Waals surface area (Å²) in [4.78, 5) is 7.31. The lowest BCUT2D eigenvalue weighted by Gasteiger charge is -2.38. The molecule has 1 aliphatic rings. The fourth-order valence-electron chi connectivity index (χ4n) is 3.71. The second kappa shape index (κ2) is 12.5. The van der Waals surface area contributed by atoms with Crippen molar-refractivity contribution in [3.8, 4) is 5.75 Å². The second-order valence-corrected chi connectivity index (χ2v) is 7.54. The van der Waals surface area contributed by atoms with Gasteiger partial charge in [-0.15, -0.1) is 24.0 Å².